The Morgan fingerprint density at radius 2 is 1.97 bits per heavy atom. The maximum Gasteiger partial charge on any atom is 0.271 e. The van der Waals surface area contributed by atoms with Gasteiger partial charge in [-0.2, -0.15) is 0 Å². The van der Waals surface area contributed by atoms with E-state index in [9.17, 15) is 14.4 Å². The smallest absolute Gasteiger partial charge is 0.271 e. The lowest BCUT2D eigenvalue weighted by Crippen LogP contribution is -2.55. The van der Waals surface area contributed by atoms with E-state index in [0.717, 1.165) is 16.7 Å². The van der Waals surface area contributed by atoms with Gasteiger partial charge in [-0.1, -0.05) is 24.3 Å². The lowest BCUT2D eigenvalue weighted by Gasteiger charge is -2.37. The molecule has 0 radical (unpaired) electrons. The van der Waals surface area contributed by atoms with Gasteiger partial charge in [-0.15, -0.1) is 0 Å². The highest BCUT2D eigenvalue weighted by molar-refractivity contribution is 6.10. The van der Waals surface area contributed by atoms with E-state index in [-0.39, 0.29) is 29.5 Å². The molecule has 0 spiro atoms. The highest BCUT2D eigenvalue weighted by atomic mass is 16.2. The normalized spacial score (nSPS) is 19.5. The molecular weight excluding hydrogens is 430 g/mol. The molecule has 8 heteroatoms. The number of rotatable bonds is 3. The average molecular weight is 456 g/mol. The minimum Gasteiger partial charge on any atom is -0.348 e. The summed E-state index contributed by atoms with van der Waals surface area (Å²) in [4.78, 5) is 48.7. The molecule has 34 heavy (non-hydrogen) atoms. The summed E-state index contributed by atoms with van der Waals surface area (Å²) in [5.74, 6) is -0.761. The quantitative estimate of drug-likeness (QED) is 0.632. The van der Waals surface area contributed by atoms with Crippen LogP contribution in [-0.2, 0) is 4.79 Å². The van der Waals surface area contributed by atoms with Crippen molar-refractivity contribution in [2.75, 3.05) is 11.9 Å². The van der Waals surface area contributed by atoms with Crippen LogP contribution >= 0.6 is 0 Å². The maximum atomic E-state index is 13.5. The zero-order valence-corrected chi connectivity index (χ0v) is 19.0. The van der Waals surface area contributed by atoms with Crippen molar-refractivity contribution in [3.8, 4) is 11.1 Å². The van der Waals surface area contributed by atoms with E-state index in [1.807, 2.05) is 24.3 Å². The predicted molar refractivity (Wildman–Crippen MR) is 127 cm³/mol. The van der Waals surface area contributed by atoms with Gasteiger partial charge in [0.25, 0.3) is 11.8 Å². The van der Waals surface area contributed by atoms with E-state index in [0.29, 0.717) is 30.6 Å². The SMILES string of the molecule is Cc1cccc(-c2ccc3c(c2)C(=O)N2CCC(NC(=O)c4cnccn4)CC2C(=O)N3)c1C. The Morgan fingerprint density at radius 3 is 2.76 bits per heavy atom. The second kappa shape index (κ2) is 8.70. The van der Waals surface area contributed by atoms with Crippen molar-refractivity contribution < 1.29 is 14.4 Å². The second-order valence-corrected chi connectivity index (χ2v) is 8.80. The Hall–Kier alpha value is -4.07. The number of amides is 3. The van der Waals surface area contributed by atoms with Crippen molar-refractivity contribution in [2.24, 2.45) is 0 Å². The first-order valence-corrected chi connectivity index (χ1v) is 11.3. The Balaban J connectivity index is 1.39. The number of aryl methyl sites for hydroxylation is 1. The largest absolute Gasteiger partial charge is 0.348 e. The number of benzene rings is 2. The molecule has 3 amide bonds. The van der Waals surface area contributed by atoms with Crippen molar-refractivity contribution in [3.63, 3.8) is 0 Å². The third-order valence-corrected chi connectivity index (χ3v) is 6.72. The van der Waals surface area contributed by atoms with Gasteiger partial charge in [-0.25, -0.2) is 4.98 Å². The number of fused-ring (bicyclic) bond motifs is 2. The molecule has 0 saturated carbocycles. The number of anilines is 1. The third kappa shape index (κ3) is 3.91. The minimum atomic E-state index is -0.662. The van der Waals surface area contributed by atoms with Gasteiger partial charge in [0.15, 0.2) is 0 Å². The molecule has 0 bridgehead atoms. The Bertz CT molecular complexity index is 1290. The zero-order valence-electron chi connectivity index (χ0n) is 19.0. The first-order chi connectivity index (χ1) is 16.4. The minimum absolute atomic E-state index is 0.177. The Kier molecular flexibility index (Phi) is 5.57. The number of piperidine rings is 1. The second-order valence-electron chi connectivity index (χ2n) is 8.80. The summed E-state index contributed by atoms with van der Waals surface area (Å²) in [7, 11) is 0. The van der Waals surface area contributed by atoms with E-state index >= 15 is 0 Å². The van der Waals surface area contributed by atoms with Crippen LogP contribution in [-0.4, -0.2) is 51.2 Å². The van der Waals surface area contributed by atoms with Gasteiger partial charge in [0.2, 0.25) is 5.91 Å². The van der Waals surface area contributed by atoms with Crippen LogP contribution in [0.1, 0.15) is 44.8 Å². The molecule has 5 rings (SSSR count). The van der Waals surface area contributed by atoms with Crippen LogP contribution in [0.3, 0.4) is 0 Å². The molecule has 1 fully saturated rings. The first kappa shape index (κ1) is 21.8. The monoisotopic (exact) mass is 455 g/mol. The molecule has 3 heterocycles. The molecular formula is C26H25N5O3. The molecule has 2 aromatic carbocycles. The molecule has 2 N–H and O–H groups in total. The number of carbonyl (C=O) groups excluding carboxylic acids is 3. The van der Waals surface area contributed by atoms with Crippen molar-refractivity contribution in [2.45, 2.75) is 38.8 Å². The first-order valence-electron chi connectivity index (χ1n) is 11.3. The number of nitrogens with one attached hydrogen (secondary N) is 2. The van der Waals surface area contributed by atoms with Crippen LogP contribution in [0.15, 0.2) is 55.0 Å². The lowest BCUT2D eigenvalue weighted by molar-refractivity contribution is -0.121. The number of nitrogens with zero attached hydrogens (tertiary/aromatic N) is 3. The summed E-state index contributed by atoms with van der Waals surface area (Å²) in [6, 6.07) is 10.8. The van der Waals surface area contributed by atoms with E-state index in [2.05, 4.69) is 40.5 Å². The molecule has 1 saturated heterocycles. The van der Waals surface area contributed by atoms with Crippen LogP contribution in [0.4, 0.5) is 5.69 Å². The van der Waals surface area contributed by atoms with Gasteiger partial charge in [0.1, 0.15) is 11.7 Å². The van der Waals surface area contributed by atoms with E-state index < -0.39 is 6.04 Å². The van der Waals surface area contributed by atoms with Gasteiger partial charge >= 0.3 is 0 Å². The van der Waals surface area contributed by atoms with Crippen LogP contribution < -0.4 is 10.6 Å². The fourth-order valence-corrected chi connectivity index (χ4v) is 4.70. The van der Waals surface area contributed by atoms with Gasteiger partial charge in [-0.05, 0) is 61.1 Å². The fourth-order valence-electron chi connectivity index (χ4n) is 4.70. The summed E-state index contributed by atoms with van der Waals surface area (Å²) in [6.07, 6.45) is 5.24. The predicted octanol–water partition coefficient (Wildman–Crippen LogP) is 3.12. The van der Waals surface area contributed by atoms with E-state index in [1.54, 1.807) is 11.0 Å². The standard InChI is InChI=1S/C26H25N5O3/c1-15-4-3-5-19(16(15)2)17-6-7-21-20(12-17)26(34)31-11-8-18(13-23(31)25(33)30-21)29-24(32)22-14-27-9-10-28-22/h3-7,9-10,12,14,18,23H,8,11,13H2,1-2H3,(H,29,32)(H,30,33). The molecule has 2 aliphatic rings. The van der Waals surface area contributed by atoms with Gasteiger partial charge in [-0.3, -0.25) is 19.4 Å². The number of hydrogen-bond acceptors (Lipinski definition) is 5. The van der Waals surface area contributed by atoms with Crippen molar-refractivity contribution in [3.05, 3.63) is 77.4 Å². The van der Waals surface area contributed by atoms with E-state index in [1.165, 1.54) is 24.2 Å². The number of hydrogen-bond donors (Lipinski definition) is 2. The lowest BCUT2D eigenvalue weighted by atomic mass is 9.94. The third-order valence-electron chi connectivity index (χ3n) is 6.72. The van der Waals surface area contributed by atoms with Gasteiger partial charge in [0, 0.05) is 25.0 Å². The number of aromatic nitrogens is 2. The van der Waals surface area contributed by atoms with Crippen LogP contribution in [0.5, 0.6) is 0 Å². The molecule has 8 nitrogen and oxygen atoms in total. The highest BCUT2D eigenvalue weighted by Crippen LogP contribution is 2.33. The highest BCUT2D eigenvalue weighted by Gasteiger charge is 2.40. The summed E-state index contributed by atoms with van der Waals surface area (Å²) in [6.45, 7) is 4.50. The van der Waals surface area contributed by atoms with Crippen LogP contribution in [0, 0.1) is 13.8 Å². The fraction of sp³-hybridized carbons (Fsp3) is 0.269. The van der Waals surface area contributed by atoms with Gasteiger partial charge < -0.3 is 15.5 Å². The van der Waals surface area contributed by atoms with E-state index in [4.69, 9.17) is 0 Å². The van der Waals surface area contributed by atoms with Crippen LogP contribution in [0.2, 0.25) is 0 Å². The van der Waals surface area contributed by atoms with Crippen LogP contribution in [0.25, 0.3) is 11.1 Å². The molecule has 3 aromatic rings. The topological polar surface area (TPSA) is 104 Å². The Morgan fingerprint density at radius 1 is 1.12 bits per heavy atom. The maximum absolute atomic E-state index is 13.5. The number of carbonyl (C=O) groups is 3. The molecule has 172 valence electrons. The van der Waals surface area contributed by atoms with Crippen molar-refractivity contribution >= 4 is 23.4 Å². The Labute approximate surface area is 197 Å². The average Bonchev–Trinajstić information content (AvgIpc) is 2.95. The zero-order chi connectivity index (χ0) is 23.8. The summed E-state index contributed by atoms with van der Waals surface area (Å²) < 4.78 is 0. The molecule has 2 atom stereocenters. The van der Waals surface area contributed by atoms with Crippen molar-refractivity contribution in [1.82, 2.24) is 20.2 Å². The molecule has 1 aromatic heterocycles. The molecule has 0 aliphatic carbocycles. The summed E-state index contributed by atoms with van der Waals surface area (Å²) in [5.41, 5.74) is 5.55. The van der Waals surface area contributed by atoms with Gasteiger partial charge in [0.05, 0.1) is 17.4 Å². The molecule has 2 unspecified atom stereocenters. The summed E-state index contributed by atoms with van der Waals surface area (Å²) >= 11 is 0. The van der Waals surface area contributed by atoms with Crippen molar-refractivity contribution in [1.29, 1.82) is 0 Å². The summed E-state index contributed by atoms with van der Waals surface area (Å²) in [5, 5.41) is 5.85. The molecule has 2 aliphatic heterocycles.